The van der Waals surface area contributed by atoms with Crippen LogP contribution in [-0.2, 0) is 11.2 Å². The monoisotopic (exact) mass is 605 g/mol. The smallest absolute Gasteiger partial charge is 0.363 e. The number of allylic oxidation sites excluding steroid dienone is 1. The second kappa shape index (κ2) is 12.1. The molecule has 0 radical (unpaired) electrons. The van der Waals surface area contributed by atoms with Crippen LogP contribution in [0, 0.1) is 17.2 Å². The Morgan fingerprint density at radius 3 is 2.45 bits per heavy atom. The van der Waals surface area contributed by atoms with Crippen LogP contribution in [0.4, 0.5) is 18.9 Å². The number of carbonyl (C=O) groups is 2. The number of alkyl halides is 3. The molecule has 2 heterocycles. The highest BCUT2D eigenvalue weighted by Crippen LogP contribution is 2.52. The van der Waals surface area contributed by atoms with Gasteiger partial charge in [-0.3, -0.25) is 9.59 Å². The SMILES string of the molecule is CCc1ccc(NC(=O)CSC2=C(C#N)[C@H](c3ccccc3Cl)[C@H](C(=O)c3cccs3)[C@](O)(C(F)(F)F)N2)cc1. The maximum absolute atomic E-state index is 14.6. The molecular formula is C28H23ClF3N3O3S2. The fourth-order valence-corrected chi connectivity index (χ4v) is 6.34. The number of anilines is 1. The minimum absolute atomic E-state index is 0.0200. The van der Waals surface area contributed by atoms with E-state index in [1.54, 1.807) is 18.2 Å². The van der Waals surface area contributed by atoms with Gasteiger partial charge in [0.15, 0.2) is 5.78 Å². The van der Waals surface area contributed by atoms with Gasteiger partial charge in [-0.1, -0.05) is 66.7 Å². The van der Waals surface area contributed by atoms with Crippen LogP contribution in [0.2, 0.25) is 5.02 Å². The third-order valence-electron chi connectivity index (χ3n) is 6.48. The van der Waals surface area contributed by atoms with E-state index in [1.807, 2.05) is 30.4 Å². The quantitative estimate of drug-likeness (QED) is 0.253. The van der Waals surface area contributed by atoms with E-state index < -0.39 is 35.4 Å². The lowest BCUT2D eigenvalue weighted by molar-refractivity contribution is -0.285. The molecule has 0 aliphatic carbocycles. The molecule has 1 aliphatic heterocycles. The molecular weight excluding hydrogens is 583 g/mol. The summed E-state index contributed by atoms with van der Waals surface area (Å²) < 4.78 is 43.9. The number of benzene rings is 2. The molecule has 0 spiro atoms. The third kappa shape index (κ3) is 5.90. The van der Waals surface area contributed by atoms with E-state index in [0.717, 1.165) is 23.3 Å². The summed E-state index contributed by atoms with van der Waals surface area (Å²) in [6, 6.07) is 17.8. The number of hydrogen-bond donors (Lipinski definition) is 3. The topological polar surface area (TPSA) is 102 Å². The number of nitriles is 1. The van der Waals surface area contributed by atoms with Gasteiger partial charge < -0.3 is 15.7 Å². The number of thiophene rings is 1. The number of ketones is 1. The highest BCUT2D eigenvalue weighted by molar-refractivity contribution is 8.03. The Kier molecular flexibility index (Phi) is 8.95. The number of carbonyl (C=O) groups excluding carboxylic acids is 2. The molecule has 4 rings (SSSR count). The molecule has 40 heavy (non-hydrogen) atoms. The highest BCUT2D eigenvalue weighted by Gasteiger charge is 2.66. The summed E-state index contributed by atoms with van der Waals surface area (Å²) in [6.45, 7) is 1.98. The molecule has 3 aromatic rings. The van der Waals surface area contributed by atoms with Gasteiger partial charge in [0, 0.05) is 16.6 Å². The van der Waals surface area contributed by atoms with Crippen LogP contribution in [0.5, 0.6) is 0 Å². The molecule has 2 aromatic carbocycles. The molecule has 3 atom stereocenters. The van der Waals surface area contributed by atoms with Crippen molar-refractivity contribution in [2.24, 2.45) is 5.92 Å². The first-order chi connectivity index (χ1) is 19.0. The van der Waals surface area contributed by atoms with E-state index in [-0.39, 0.29) is 31.8 Å². The summed E-state index contributed by atoms with van der Waals surface area (Å²) >= 11 is 7.91. The van der Waals surface area contributed by atoms with E-state index in [0.29, 0.717) is 17.4 Å². The molecule has 1 amide bonds. The molecule has 0 saturated heterocycles. The van der Waals surface area contributed by atoms with Crippen LogP contribution in [-0.4, -0.2) is 34.5 Å². The van der Waals surface area contributed by atoms with Crippen molar-refractivity contribution in [2.75, 3.05) is 11.1 Å². The van der Waals surface area contributed by atoms with Gasteiger partial charge >= 0.3 is 6.18 Å². The van der Waals surface area contributed by atoms with E-state index in [1.165, 1.54) is 35.7 Å². The highest BCUT2D eigenvalue weighted by atomic mass is 35.5. The molecule has 3 N–H and O–H groups in total. The number of nitrogens with one attached hydrogen (secondary N) is 2. The molecule has 1 aromatic heterocycles. The van der Waals surface area contributed by atoms with Gasteiger partial charge in [-0.15, -0.1) is 11.3 Å². The maximum atomic E-state index is 14.6. The number of Topliss-reactive ketones (excluding diaryl/α,β-unsaturated/α-hetero) is 1. The minimum atomic E-state index is -5.35. The average molecular weight is 606 g/mol. The second-order valence-corrected chi connectivity index (χ2v) is 11.3. The summed E-state index contributed by atoms with van der Waals surface area (Å²) in [7, 11) is 0. The Labute approximate surface area is 241 Å². The number of thioether (sulfide) groups is 1. The second-order valence-electron chi connectivity index (χ2n) is 8.95. The predicted molar refractivity (Wildman–Crippen MR) is 150 cm³/mol. The molecule has 1 aliphatic rings. The summed E-state index contributed by atoms with van der Waals surface area (Å²) in [6.07, 6.45) is -4.54. The number of aryl methyl sites for hydroxylation is 1. The van der Waals surface area contributed by atoms with Gasteiger partial charge in [0.1, 0.15) is 0 Å². The summed E-state index contributed by atoms with van der Waals surface area (Å²) in [4.78, 5) is 26.2. The lowest BCUT2D eigenvalue weighted by Crippen LogP contribution is -2.66. The predicted octanol–water partition coefficient (Wildman–Crippen LogP) is 6.51. The van der Waals surface area contributed by atoms with Gasteiger partial charge in [-0.05, 0) is 47.2 Å². The first-order valence-corrected chi connectivity index (χ1v) is 14.3. The molecule has 0 fully saturated rings. The number of nitrogens with zero attached hydrogens (tertiary/aromatic N) is 1. The summed E-state index contributed by atoms with van der Waals surface area (Å²) in [5, 5.41) is 27.3. The Morgan fingerprint density at radius 2 is 1.88 bits per heavy atom. The molecule has 0 saturated carbocycles. The van der Waals surface area contributed by atoms with Crippen molar-refractivity contribution in [1.29, 1.82) is 5.26 Å². The van der Waals surface area contributed by atoms with Crippen LogP contribution >= 0.6 is 34.7 Å². The largest absolute Gasteiger partial charge is 0.437 e. The average Bonchev–Trinajstić information content (AvgIpc) is 3.46. The number of rotatable bonds is 8. The molecule has 6 nitrogen and oxygen atoms in total. The first kappa shape index (κ1) is 29.7. The first-order valence-electron chi connectivity index (χ1n) is 12.1. The van der Waals surface area contributed by atoms with Crippen molar-refractivity contribution in [3.8, 4) is 6.07 Å². The lowest BCUT2D eigenvalue weighted by Gasteiger charge is -2.45. The summed E-state index contributed by atoms with van der Waals surface area (Å²) in [5.74, 6) is -5.67. The zero-order valence-electron chi connectivity index (χ0n) is 21.0. The number of halogens is 4. The van der Waals surface area contributed by atoms with E-state index in [9.17, 15) is 33.1 Å². The Balaban J connectivity index is 1.77. The van der Waals surface area contributed by atoms with E-state index in [4.69, 9.17) is 11.6 Å². The van der Waals surface area contributed by atoms with Crippen LogP contribution in [0.3, 0.4) is 0 Å². The van der Waals surface area contributed by atoms with Gasteiger partial charge in [-0.25, -0.2) is 0 Å². The zero-order valence-corrected chi connectivity index (χ0v) is 23.3. The Bertz CT molecular complexity index is 1470. The van der Waals surface area contributed by atoms with Gasteiger partial charge in [0.25, 0.3) is 0 Å². The van der Waals surface area contributed by atoms with Crippen molar-refractivity contribution < 1.29 is 27.9 Å². The summed E-state index contributed by atoms with van der Waals surface area (Å²) in [5.41, 5.74) is -2.39. The van der Waals surface area contributed by atoms with E-state index >= 15 is 0 Å². The standard InChI is InChI=1S/C28H23ClF3N3O3S2/c1-2-16-9-11-17(12-10-16)34-22(36)15-40-26-19(14-33)23(18-6-3-4-7-20(18)29)24(25(37)21-8-5-13-39-21)27(38,35-26)28(30,31)32/h3-13,23-24,35,38H,2,15H2,1H3,(H,34,36)/t23-,24+,27-/m0/s1. The van der Waals surface area contributed by atoms with Crippen molar-refractivity contribution in [2.45, 2.75) is 31.2 Å². The van der Waals surface area contributed by atoms with Crippen molar-refractivity contribution in [1.82, 2.24) is 5.32 Å². The van der Waals surface area contributed by atoms with Crippen molar-refractivity contribution in [3.05, 3.63) is 97.7 Å². The van der Waals surface area contributed by atoms with Gasteiger partial charge in [0.05, 0.1) is 33.2 Å². The number of amides is 1. The van der Waals surface area contributed by atoms with Crippen LogP contribution in [0.1, 0.15) is 33.6 Å². The fourth-order valence-electron chi connectivity index (χ4n) is 4.48. The van der Waals surface area contributed by atoms with Crippen molar-refractivity contribution >= 4 is 52.1 Å². The molecule has 0 bridgehead atoms. The normalized spacial score (nSPS) is 20.9. The number of aliphatic hydroxyl groups is 1. The fraction of sp³-hybridized carbons (Fsp3) is 0.250. The Hall–Kier alpha value is -3.30. The van der Waals surface area contributed by atoms with Crippen LogP contribution < -0.4 is 10.6 Å². The number of hydrogen-bond acceptors (Lipinski definition) is 7. The maximum Gasteiger partial charge on any atom is 0.437 e. The van der Waals surface area contributed by atoms with Crippen molar-refractivity contribution in [3.63, 3.8) is 0 Å². The van der Waals surface area contributed by atoms with Gasteiger partial charge in [0.2, 0.25) is 11.6 Å². The lowest BCUT2D eigenvalue weighted by atomic mass is 9.70. The van der Waals surface area contributed by atoms with Crippen LogP contribution in [0.15, 0.2) is 76.6 Å². The minimum Gasteiger partial charge on any atom is -0.363 e. The molecule has 12 heteroatoms. The van der Waals surface area contributed by atoms with Crippen LogP contribution in [0.25, 0.3) is 0 Å². The van der Waals surface area contributed by atoms with E-state index in [2.05, 4.69) is 5.32 Å². The Morgan fingerprint density at radius 1 is 1.18 bits per heavy atom. The van der Waals surface area contributed by atoms with Gasteiger partial charge in [-0.2, -0.15) is 18.4 Å². The molecule has 0 unspecified atom stereocenters. The molecule has 208 valence electrons. The third-order valence-corrected chi connectivity index (χ3v) is 8.72. The zero-order chi connectivity index (χ0) is 29.1.